The van der Waals surface area contributed by atoms with E-state index >= 15 is 0 Å². The molecule has 1 aromatic heterocycles. The van der Waals surface area contributed by atoms with Gasteiger partial charge in [-0.25, -0.2) is 0 Å². The lowest BCUT2D eigenvalue weighted by Gasteiger charge is -2.13. The average molecular weight is 266 g/mol. The van der Waals surface area contributed by atoms with Crippen LogP contribution in [0.5, 0.6) is 0 Å². The lowest BCUT2D eigenvalue weighted by Crippen LogP contribution is -2.12. The summed E-state index contributed by atoms with van der Waals surface area (Å²) in [5.41, 5.74) is -4.09. The van der Waals surface area contributed by atoms with Crippen LogP contribution in [0.4, 0.5) is 26.3 Å². The van der Waals surface area contributed by atoms with Gasteiger partial charge in [-0.3, -0.25) is 9.97 Å². The number of alkyl halides is 6. The van der Waals surface area contributed by atoms with Crippen LogP contribution in [0.1, 0.15) is 11.1 Å². The van der Waals surface area contributed by atoms with Crippen molar-refractivity contribution in [1.29, 1.82) is 0 Å². The Balaban J connectivity index is 2.83. The van der Waals surface area contributed by atoms with Crippen LogP contribution < -0.4 is 0 Å². The van der Waals surface area contributed by atoms with Crippen LogP contribution in [0, 0.1) is 0 Å². The molecule has 0 saturated heterocycles. The third-order valence-corrected chi connectivity index (χ3v) is 2.24. The van der Waals surface area contributed by atoms with Gasteiger partial charge in [0.2, 0.25) is 0 Å². The fraction of sp³-hybridized carbons (Fsp3) is 0.200. The van der Waals surface area contributed by atoms with Gasteiger partial charge < -0.3 is 0 Å². The molecule has 2 rings (SSSR count). The molecule has 18 heavy (non-hydrogen) atoms. The third-order valence-electron chi connectivity index (χ3n) is 2.24. The van der Waals surface area contributed by atoms with Crippen molar-refractivity contribution in [2.45, 2.75) is 12.4 Å². The second-order valence-corrected chi connectivity index (χ2v) is 3.41. The molecule has 0 aliphatic heterocycles. The highest BCUT2D eigenvalue weighted by Crippen LogP contribution is 2.39. The molecule has 0 spiro atoms. The van der Waals surface area contributed by atoms with E-state index in [1.807, 2.05) is 0 Å². The summed E-state index contributed by atoms with van der Waals surface area (Å²) in [6, 6.07) is 0.722. The zero-order valence-electron chi connectivity index (χ0n) is 8.47. The van der Waals surface area contributed by atoms with Crippen LogP contribution in [0.25, 0.3) is 11.0 Å². The van der Waals surface area contributed by atoms with E-state index in [0.29, 0.717) is 12.1 Å². The monoisotopic (exact) mass is 266 g/mol. The van der Waals surface area contributed by atoms with Crippen molar-refractivity contribution in [1.82, 2.24) is 9.97 Å². The average Bonchev–Trinajstić information content (AvgIpc) is 2.24. The van der Waals surface area contributed by atoms with Gasteiger partial charge in [0.15, 0.2) is 0 Å². The maximum atomic E-state index is 12.6. The SMILES string of the molecule is FC(F)(F)c1ccc(C(F)(F)F)c2nccnc12. The first-order chi connectivity index (χ1) is 8.21. The molecule has 0 aliphatic rings. The minimum Gasteiger partial charge on any atom is -0.252 e. The molecule has 96 valence electrons. The summed E-state index contributed by atoms with van der Waals surface area (Å²) in [5, 5.41) is 0. The first-order valence-electron chi connectivity index (χ1n) is 4.59. The van der Waals surface area contributed by atoms with E-state index < -0.39 is 34.5 Å². The van der Waals surface area contributed by atoms with Crippen molar-refractivity contribution in [2.24, 2.45) is 0 Å². The Kier molecular flexibility index (Phi) is 2.67. The zero-order chi connectivity index (χ0) is 13.6. The molecule has 0 radical (unpaired) electrons. The van der Waals surface area contributed by atoms with Gasteiger partial charge in [-0.1, -0.05) is 0 Å². The van der Waals surface area contributed by atoms with Crippen molar-refractivity contribution in [3.8, 4) is 0 Å². The molecule has 2 nitrogen and oxygen atoms in total. The van der Waals surface area contributed by atoms with Gasteiger partial charge in [0.05, 0.1) is 11.1 Å². The molecule has 0 unspecified atom stereocenters. The van der Waals surface area contributed by atoms with E-state index in [4.69, 9.17) is 0 Å². The molecule has 2 aromatic rings. The van der Waals surface area contributed by atoms with Crippen LogP contribution in [-0.4, -0.2) is 9.97 Å². The smallest absolute Gasteiger partial charge is 0.252 e. The van der Waals surface area contributed by atoms with Crippen LogP contribution >= 0.6 is 0 Å². The maximum Gasteiger partial charge on any atom is 0.418 e. The summed E-state index contributed by atoms with van der Waals surface area (Å²) < 4.78 is 75.6. The van der Waals surface area contributed by atoms with Gasteiger partial charge in [-0.15, -0.1) is 0 Å². The Labute approximate surface area is 96.3 Å². The van der Waals surface area contributed by atoms with Crippen LogP contribution in [0.15, 0.2) is 24.5 Å². The molecular weight excluding hydrogens is 262 g/mol. The number of fused-ring (bicyclic) bond motifs is 1. The van der Waals surface area contributed by atoms with Crippen molar-refractivity contribution >= 4 is 11.0 Å². The van der Waals surface area contributed by atoms with Crippen molar-refractivity contribution in [2.75, 3.05) is 0 Å². The van der Waals surface area contributed by atoms with E-state index in [-0.39, 0.29) is 0 Å². The highest BCUT2D eigenvalue weighted by atomic mass is 19.4. The molecule has 1 heterocycles. The topological polar surface area (TPSA) is 25.8 Å². The Morgan fingerprint density at radius 2 is 1.00 bits per heavy atom. The molecule has 0 fully saturated rings. The van der Waals surface area contributed by atoms with Gasteiger partial charge in [0, 0.05) is 12.4 Å². The minimum atomic E-state index is -4.78. The van der Waals surface area contributed by atoms with Crippen molar-refractivity contribution in [3.63, 3.8) is 0 Å². The van der Waals surface area contributed by atoms with E-state index in [9.17, 15) is 26.3 Å². The van der Waals surface area contributed by atoms with Gasteiger partial charge in [0.1, 0.15) is 11.0 Å². The number of benzene rings is 1. The standard InChI is InChI=1S/C10H4F6N2/c11-9(12,13)5-1-2-6(10(14,15)16)8-7(5)17-3-4-18-8/h1-4H. The number of rotatable bonds is 0. The molecule has 0 atom stereocenters. The van der Waals surface area contributed by atoms with Crippen LogP contribution in [-0.2, 0) is 12.4 Å². The summed E-state index contributed by atoms with van der Waals surface area (Å²) in [5.74, 6) is 0. The highest BCUT2D eigenvalue weighted by molar-refractivity contribution is 5.82. The van der Waals surface area contributed by atoms with Gasteiger partial charge >= 0.3 is 12.4 Å². The summed E-state index contributed by atoms with van der Waals surface area (Å²) in [6.45, 7) is 0. The first kappa shape index (κ1) is 12.6. The van der Waals surface area contributed by atoms with E-state index in [1.165, 1.54) is 0 Å². The Hall–Kier alpha value is -1.86. The number of nitrogens with zero attached hydrogens (tertiary/aromatic N) is 2. The fourth-order valence-electron chi connectivity index (χ4n) is 1.51. The Morgan fingerprint density at radius 1 is 0.667 bits per heavy atom. The summed E-state index contributed by atoms with van der Waals surface area (Å²) in [4.78, 5) is 6.68. The predicted molar refractivity (Wildman–Crippen MR) is 49.5 cm³/mol. The fourth-order valence-corrected chi connectivity index (χ4v) is 1.51. The third kappa shape index (κ3) is 2.09. The zero-order valence-corrected chi connectivity index (χ0v) is 8.47. The highest BCUT2D eigenvalue weighted by Gasteiger charge is 2.38. The normalized spacial score (nSPS) is 13.0. The van der Waals surface area contributed by atoms with Gasteiger partial charge in [-0.2, -0.15) is 26.3 Å². The molecule has 0 N–H and O–H groups in total. The largest absolute Gasteiger partial charge is 0.418 e. The van der Waals surface area contributed by atoms with E-state index in [0.717, 1.165) is 12.4 Å². The summed E-state index contributed by atoms with van der Waals surface area (Å²) in [6.07, 6.45) is -7.73. The lowest BCUT2D eigenvalue weighted by atomic mass is 10.1. The molecule has 0 aliphatic carbocycles. The molecule has 0 bridgehead atoms. The molecular formula is C10H4F6N2. The number of hydrogen-bond acceptors (Lipinski definition) is 2. The van der Waals surface area contributed by atoms with Gasteiger partial charge in [0.25, 0.3) is 0 Å². The Morgan fingerprint density at radius 3 is 1.28 bits per heavy atom. The first-order valence-corrected chi connectivity index (χ1v) is 4.59. The summed E-state index contributed by atoms with van der Waals surface area (Å²) >= 11 is 0. The van der Waals surface area contributed by atoms with Crippen LogP contribution in [0.3, 0.4) is 0 Å². The molecule has 8 heteroatoms. The second-order valence-electron chi connectivity index (χ2n) is 3.41. The maximum absolute atomic E-state index is 12.6. The lowest BCUT2D eigenvalue weighted by molar-refractivity contribution is -0.139. The van der Waals surface area contributed by atoms with E-state index in [1.54, 1.807) is 0 Å². The number of aromatic nitrogens is 2. The second kappa shape index (κ2) is 3.82. The molecule has 1 aromatic carbocycles. The number of halogens is 6. The number of hydrogen-bond donors (Lipinski definition) is 0. The minimum absolute atomic E-state index is 0.361. The van der Waals surface area contributed by atoms with Gasteiger partial charge in [-0.05, 0) is 12.1 Å². The Bertz CT molecular complexity index is 534. The molecule has 0 saturated carbocycles. The van der Waals surface area contributed by atoms with Crippen LogP contribution in [0.2, 0.25) is 0 Å². The predicted octanol–water partition coefficient (Wildman–Crippen LogP) is 3.67. The molecule has 0 amide bonds. The van der Waals surface area contributed by atoms with Crippen molar-refractivity contribution < 1.29 is 26.3 Å². The summed E-state index contributed by atoms with van der Waals surface area (Å²) in [7, 11) is 0. The van der Waals surface area contributed by atoms with E-state index in [2.05, 4.69) is 9.97 Å². The quantitative estimate of drug-likeness (QED) is 0.680. The van der Waals surface area contributed by atoms with Crippen molar-refractivity contribution in [3.05, 3.63) is 35.7 Å².